The first-order chi connectivity index (χ1) is 16.6. The van der Waals surface area contributed by atoms with Crippen molar-refractivity contribution >= 4 is 11.6 Å². The summed E-state index contributed by atoms with van der Waals surface area (Å²) in [6.45, 7) is 2.03. The fourth-order valence-corrected chi connectivity index (χ4v) is 4.46. The van der Waals surface area contributed by atoms with Gasteiger partial charge in [-0.1, -0.05) is 60.7 Å². The van der Waals surface area contributed by atoms with E-state index in [0.29, 0.717) is 11.8 Å². The quantitative estimate of drug-likeness (QED) is 0.368. The second-order valence-corrected chi connectivity index (χ2v) is 8.94. The highest BCUT2D eigenvalue weighted by Gasteiger charge is 2.18. The normalized spacial score (nSPS) is 12.8. The lowest BCUT2D eigenvalue weighted by Gasteiger charge is -2.28. The topological polar surface area (TPSA) is 72.7 Å². The summed E-state index contributed by atoms with van der Waals surface area (Å²) in [4.78, 5) is 13.4. The van der Waals surface area contributed by atoms with Crippen molar-refractivity contribution < 1.29 is 10.2 Å². The summed E-state index contributed by atoms with van der Waals surface area (Å²) in [5, 5.41) is 18.7. The van der Waals surface area contributed by atoms with Gasteiger partial charge in [0.25, 0.3) is 0 Å². The molecule has 2 atom stereocenters. The number of hydrogen-bond acceptors (Lipinski definition) is 6. The number of rotatable bonds is 14. The molecular formula is C28H38N4O2. The highest BCUT2D eigenvalue weighted by molar-refractivity contribution is 5.50. The van der Waals surface area contributed by atoms with Gasteiger partial charge in [0.15, 0.2) is 0 Å². The van der Waals surface area contributed by atoms with E-state index in [1.54, 1.807) is 6.33 Å². The molecule has 1 aromatic heterocycles. The zero-order valence-corrected chi connectivity index (χ0v) is 20.4. The van der Waals surface area contributed by atoms with Crippen LogP contribution >= 0.6 is 0 Å². The SMILES string of the molecule is CN(CC(CCCO)c1ccccc1)c1cc(N(C)CC(CCCO)c2ccccc2)ncn1. The van der Waals surface area contributed by atoms with Gasteiger partial charge in [-0.3, -0.25) is 0 Å². The number of likely N-dealkylation sites (N-methyl/N-ethyl adjacent to an activating group) is 2. The minimum atomic E-state index is 0.203. The predicted molar refractivity (Wildman–Crippen MR) is 140 cm³/mol. The second-order valence-electron chi connectivity index (χ2n) is 8.94. The molecule has 6 nitrogen and oxygen atoms in total. The van der Waals surface area contributed by atoms with Crippen LogP contribution in [0.2, 0.25) is 0 Å². The van der Waals surface area contributed by atoms with E-state index in [1.165, 1.54) is 11.1 Å². The number of aliphatic hydroxyl groups is 2. The van der Waals surface area contributed by atoms with Crippen LogP contribution in [0, 0.1) is 0 Å². The van der Waals surface area contributed by atoms with Crippen LogP contribution in [-0.2, 0) is 0 Å². The molecule has 0 spiro atoms. The van der Waals surface area contributed by atoms with E-state index >= 15 is 0 Å². The van der Waals surface area contributed by atoms with Crippen molar-refractivity contribution in [2.24, 2.45) is 0 Å². The molecule has 0 aliphatic rings. The fraction of sp³-hybridized carbons (Fsp3) is 0.429. The molecule has 0 bridgehead atoms. The largest absolute Gasteiger partial charge is 0.396 e. The third-order valence-corrected chi connectivity index (χ3v) is 6.37. The molecule has 34 heavy (non-hydrogen) atoms. The summed E-state index contributed by atoms with van der Waals surface area (Å²) in [6, 6.07) is 23.0. The zero-order chi connectivity index (χ0) is 24.2. The lowest BCUT2D eigenvalue weighted by atomic mass is 9.93. The molecule has 0 fully saturated rings. The first-order valence-electron chi connectivity index (χ1n) is 12.2. The van der Waals surface area contributed by atoms with Crippen LogP contribution in [0.1, 0.15) is 48.6 Å². The molecule has 0 saturated heterocycles. The van der Waals surface area contributed by atoms with Crippen LogP contribution in [0.4, 0.5) is 11.6 Å². The summed E-state index contributed by atoms with van der Waals surface area (Å²) in [5.41, 5.74) is 2.56. The number of hydrogen-bond donors (Lipinski definition) is 2. The first-order valence-corrected chi connectivity index (χ1v) is 12.2. The van der Waals surface area contributed by atoms with Gasteiger partial charge in [-0.05, 0) is 36.8 Å². The van der Waals surface area contributed by atoms with Gasteiger partial charge in [-0.2, -0.15) is 0 Å². The molecule has 2 unspecified atom stereocenters. The van der Waals surface area contributed by atoms with Gasteiger partial charge in [0.2, 0.25) is 0 Å². The van der Waals surface area contributed by atoms with E-state index in [1.807, 2.05) is 18.2 Å². The van der Waals surface area contributed by atoms with Crippen molar-refractivity contribution in [3.05, 3.63) is 84.2 Å². The van der Waals surface area contributed by atoms with Crippen molar-refractivity contribution in [2.75, 3.05) is 50.2 Å². The molecule has 3 aromatic rings. The van der Waals surface area contributed by atoms with Crippen LogP contribution in [0.3, 0.4) is 0 Å². The molecule has 182 valence electrons. The maximum Gasteiger partial charge on any atom is 0.133 e. The second kappa shape index (κ2) is 13.7. The molecule has 2 aromatic carbocycles. The molecular weight excluding hydrogens is 424 g/mol. The average Bonchev–Trinajstić information content (AvgIpc) is 2.89. The predicted octanol–water partition coefficient (Wildman–Crippen LogP) is 4.46. The van der Waals surface area contributed by atoms with Gasteiger partial charge in [0.05, 0.1) is 0 Å². The third-order valence-electron chi connectivity index (χ3n) is 6.37. The Bertz CT molecular complexity index is 880. The third kappa shape index (κ3) is 7.54. The Hall–Kier alpha value is -2.96. The van der Waals surface area contributed by atoms with Crippen LogP contribution in [-0.4, -0.2) is 60.6 Å². The molecule has 2 N–H and O–H groups in total. The smallest absolute Gasteiger partial charge is 0.133 e. The van der Waals surface area contributed by atoms with E-state index in [4.69, 9.17) is 0 Å². The minimum absolute atomic E-state index is 0.203. The fourth-order valence-electron chi connectivity index (χ4n) is 4.46. The Morgan fingerprint density at radius 1 is 0.676 bits per heavy atom. The Labute approximate surface area is 203 Å². The van der Waals surface area contributed by atoms with Gasteiger partial charge in [0.1, 0.15) is 18.0 Å². The highest BCUT2D eigenvalue weighted by atomic mass is 16.3. The van der Waals surface area contributed by atoms with Crippen molar-refractivity contribution in [1.29, 1.82) is 0 Å². The maximum absolute atomic E-state index is 9.37. The highest BCUT2D eigenvalue weighted by Crippen LogP contribution is 2.27. The number of benzene rings is 2. The monoisotopic (exact) mass is 462 g/mol. The summed E-state index contributed by atoms with van der Waals surface area (Å²) < 4.78 is 0. The van der Waals surface area contributed by atoms with Crippen LogP contribution in [0.15, 0.2) is 73.1 Å². The number of aliphatic hydroxyl groups excluding tert-OH is 2. The van der Waals surface area contributed by atoms with E-state index in [0.717, 1.165) is 50.4 Å². The minimum Gasteiger partial charge on any atom is -0.396 e. The van der Waals surface area contributed by atoms with Crippen LogP contribution in [0.25, 0.3) is 0 Å². The lowest BCUT2D eigenvalue weighted by molar-refractivity contribution is 0.279. The van der Waals surface area contributed by atoms with Crippen molar-refractivity contribution in [3.8, 4) is 0 Å². The Kier molecular flexibility index (Phi) is 10.3. The standard InChI is InChI=1S/C28H38N4O2/c1-31(20-25(15-9-17-33)23-11-5-3-6-12-23)27-19-28(30-22-29-27)32(2)21-26(16-10-18-34)24-13-7-4-8-14-24/h3-8,11-14,19,22,25-26,33-34H,9-10,15-18,20-21H2,1-2H3. The molecule has 3 rings (SSSR count). The van der Waals surface area contributed by atoms with Gasteiger partial charge in [0, 0.05) is 58.3 Å². The summed E-state index contributed by atoms with van der Waals surface area (Å²) >= 11 is 0. The van der Waals surface area contributed by atoms with E-state index in [-0.39, 0.29) is 13.2 Å². The summed E-state index contributed by atoms with van der Waals surface area (Å²) in [5.74, 6) is 2.40. The number of nitrogens with zero attached hydrogens (tertiary/aromatic N) is 4. The van der Waals surface area contributed by atoms with Crippen LogP contribution in [0.5, 0.6) is 0 Å². The van der Waals surface area contributed by atoms with Gasteiger partial charge < -0.3 is 20.0 Å². The van der Waals surface area contributed by atoms with Crippen molar-refractivity contribution in [2.45, 2.75) is 37.5 Å². The molecule has 1 heterocycles. The number of aromatic nitrogens is 2. The Morgan fingerprint density at radius 3 is 1.47 bits per heavy atom. The molecule has 0 saturated carbocycles. The van der Waals surface area contributed by atoms with Crippen molar-refractivity contribution in [3.63, 3.8) is 0 Å². The average molecular weight is 463 g/mol. The van der Waals surface area contributed by atoms with E-state index < -0.39 is 0 Å². The summed E-state index contributed by atoms with van der Waals surface area (Å²) in [7, 11) is 4.13. The molecule has 0 amide bonds. The molecule has 0 radical (unpaired) electrons. The maximum atomic E-state index is 9.37. The lowest BCUT2D eigenvalue weighted by Crippen LogP contribution is -2.28. The van der Waals surface area contributed by atoms with E-state index in [2.05, 4.69) is 82.4 Å². The van der Waals surface area contributed by atoms with Gasteiger partial charge >= 0.3 is 0 Å². The Morgan fingerprint density at radius 2 is 1.09 bits per heavy atom. The van der Waals surface area contributed by atoms with Gasteiger partial charge in [-0.25, -0.2) is 9.97 Å². The summed E-state index contributed by atoms with van der Waals surface area (Å²) in [6.07, 6.45) is 5.03. The molecule has 0 aliphatic heterocycles. The number of anilines is 2. The first kappa shape index (κ1) is 25.7. The van der Waals surface area contributed by atoms with Gasteiger partial charge in [-0.15, -0.1) is 0 Å². The molecule has 6 heteroatoms. The van der Waals surface area contributed by atoms with E-state index in [9.17, 15) is 10.2 Å². The Balaban J connectivity index is 1.71. The van der Waals surface area contributed by atoms with Crippen LogP contribution < -0.4 is 9.80 Å². The molecule has 0 aliphatic carbocycles. The van der Waals surface area contributed by atoms with Crippen molar-refractivity contribution in [1.82, 2.24) is 9.97 Å². The zero-order valence-electron chi connectivity index (χ0n) is 20.4.